The second-order valence-electron chi connectivity index (χ2n) is 7.21. The van der Waals surface area contributed by atoms with Crippen LogP contribution in [-0.4, -0.2) is 52.4 Å². The van der Waals surface area contributed by atoms with E-state index in [9.17, 15) is 9.59 Å². The maximum atomic E-state index is 12.8. The molecule has 0 N–H and O–H groups in total. The number of rotatable bonds is 8. The Labute approximate surface area is 192 Å². The van der Waals surface area contributed by atoms with Gasteiger partial charge in [0, 0.05) is 30.6 Å². The van der Waals surface area contributed by atoms with Crippen LogP contribution in [0.1, 0.15) is 17.0 Å². The van der Waals surface area contributed by atoms with Gasteiger partial charge in [0.15, 0.2) is 0 Å². The first-order chi connectivity index (χ1) is 15.9. The van der Waals surface area contributed by atoms with Crippen LogP contribution in [0.5, 0.6) is 17.2 Å². The molecule has 8 nitrogen and oxygen atoms in total. The first-order valence-corrected chi connectivity index (χ1v) is 10.2. The Kier molecular flexibility index (Phi) is 7.61. The van der Waals surface area contributed by atoms with Crippen LogP contribution in [0.15, 0.2) is 66.0 Å². The van der Waals surface area contributed by atoms with Crippen LogP contribution >= 0.6 is 0 Å². The average Bonchev–Trinajstić information content (AvgIpc) is 2.87. The Morgan fingerprint density at radius 1 is 0.758 bits per heavy atom. The molecule has 8 heteroatoms. The van der Waals surface area contributed by atoms with Crippen molar-refractivity contribution in [1.82, 2.24) is 4.90 Å². The van der Waals surface area contributed by atoms with E-state index in [1.165, 1.54) is 21.3 Å². The molecule has 0 saturated carbocycles. The molecule has 0 aromatic heterocycles. The number of carbonyl (C=O) groups excluding carboxylic acids is 2. The number of esters is 2. The highest BCUT2D eigenvalue weighted by Crippen LogP contribution is 2.42. The molecule has 0 aliphatic carbocycles. The largest absolute Gasteiger partial charge is 0.497 e. The minimum atomic E-state index is -0.752. The van der Waals surface area contributed by atoms with Crippen molar-refractivity contribution in [3.05, 3.63) is 77.1 Å². The first-order valence-electron chi connectivity index (χ1n) is 10.2. The third-order valence-electron chi connectivity index (χ3n) is 5.35. The second kappa shape index (κ2) is 10.6. The molecule has 0 radical (unpaired) electrons. The lowest BCUT2D eigenvalue weighted by Gasteiger charge is -2.31. The molecular weight excluding hydrogens is 426 g/mol. The summed E-state index contributed by atoms with van der Waals surface area (Å²) in [6.45, 7) is 0.414. The minimum absolute atomic E-state index is 0.275. The summed E-state index contributed by atoms with van der Waals surface area (Å²) in [7, 11) is 7.26. The van der Waals surface area contributed by atoms with Gasteiger partial charge in [-0.15, -0.1) is 0 Å². The van der Waals surface area contributed by atoms with E-state index in [1.807, 2.05) is 24.3 Å². The van der Waals surface area contributed by atoms with E-state index in [1.54, 1.807) is 49.7 Å². The molecule has 174 valence electrons. The highest BCUT2D eigenvalue weighted by molar-refractivity contribution is 5.98. The van der Waals surface area contributed by atoms with E-state index < -0.39 is 17.9 Å². The topological polar surface area (TPSA) is 83.5 Å². The standard InChI is InChI=1S/C25H27NO7/c1-29-17-8-6-16(7-9-17)13-26-14-20(24(27)32-4)23(21(15-26)25(28)33-5)19-11-10-18(30-2)12-22(19)31-3/h6-12,14-15,23H,13H2,1-5H3. The number of hydrogen-bond acceptors (Lipinski definition) is 8. The summed E-state index contributed by atoms with van der Waals surface area (Å²) in [4.78, 5) is 27.4. The Bertz CT molecular complexity index is 1040. The van der Waals surface area contributed by atoms with Crippen molar-refractivity contribution in [3.63, 3.8) is 0 Å². The third kappa shape index (κ3) is 5.11. The molecule has 0 unspecified atom stereocenters. The highest BCUT2D eigenvalue weighted by Gasteiger charge is 2.37. The quantitative estimate of drug-likeness (QED) is 0.563. The van der Waals surface area contributed by atoms with Gasteiger partial charge in [0.25, 0.3) is 0 Å². The fourth-order valence-electron chi connectivity index (χ4n) is 3.71. The molecule has 2 aromatic rings. The predicted octanol–water partition coefficient (Wildman–Crippen LogP) is 3.43. The lowest BCUT2D eigenvalue weighted by atomic mass is 9.82. The van der Waals surface area contributed by atoms with E-state index in [0.29, 0.717) is 23.6 Å². The summed E-state index contributed by atoms with van der Waals surface area (Å²) >= 11 is 0. The molecule has 0 fully saturated rings. The van der Waals surface area contributed by atoms with Crippen molar-refractivity contribution in [3.8, 4) is 17.2 Å². The van der Waals surface area contributed by atoms with Gasteiger partial charge in [0.1, 0.15) is 17.2 Å². The smallest absolute Gasteiger partial charge is 0.336 e. The van der Waals surface area contributed by atoms with Crippen molar-refractivity contribution >= 4 is 11.9 Å². The van der Waals surface area contributed by atoms with Gasteiger partial charge in [-0.3, -0.25) is 0 Å². The third-order valence-corrected chi connectivity index (χ3v) is 5.35. The normalized spacial score (nSPS) is 13.5. The maximum absolute atomic E-state index is 12.8. The molecule has 0 amide bonds. The van der Waals surface area contributed by atoms with Gasteiger partial charge in [-0.2, -0.15) is 0 Å². The molecule has 0 saturated heterocycles. The van der Waals surface area contributed by atoms with Crippen LogP contribution in [0.25, 0.3) is 0 Å². The Morgan fingerprint density at radius 2 is 1.30 bits per heavy atom. The van der Waals surface area contributed by atoms with Gasteiger partial charge < -0.3 is 28.6 Å². The lowest BCUT2D eigenvalue weighted by Crippen LogP contribution is -2.28. The molecule has 0 bridgehead atoms. The molecule has 1 heterocycles. The Balaban J connectivity index is 2.10. The van der Waals surface area contributed by atoms with Crippen molar-refractivity contribution in [2.45, 2.75) is 12.5 Å². The van der Waals surface area contributed by atoms with Crippen molar-refractivity contribution in [1.29, 1.82) is 0 Å². The SMILES string of the molecule is COC(=O)C1=CN(Cc2ccc(OC)cc2)C=C(C(=O)OC)C1c1ccc(OC)cc1OC. The van der Waals surface area contributed by atoms with Gasteiger partial charge in [-0.1, -0.05) is 18.2 Å². The van der Waals surface area contributed by atoms with Crippen molar-refractivity contribution in [2.24, 2.45) is 0 Å². The Morgan fingerprint density at radius 3 is 1.79 bits per heavy atom. The zero-order valence-electron chi connectivity index (χ0n) is 19.3. The van der Waals surface area contributed by atoms with Crippen LogP contribution in [0.3, 0.4) is 0 Å². The van der Waals surface area contributed by atoms with E-state index >= 15 is 0 Å². The van der Waals surface area contributed by atoms with Gasteiger partial charge in [0.2, 0.25) is 0 Å². The summed E-state index contributed by atoms with van der Waals surface area (Å²) in [5.41, 5.74) is 2.11. The first kappa shape index (κ1) is 23.7. The van der Waals surface area contributed by atoms with Crippen LogP contribution in [0, 0.1) is 0 Å². The molecule has 1 aliphatic rings. The van der Waals surface area contributed by atoms with Crippen molar-refractivity contribution in [2.75, 3.05) is 35.5 Å². The highest BCUT2D eigenvalue weighted by atomic mass is 16.5. The minimum Gasteiger partial charge on any atom is -0.497 e. The molecule has 3 rings (SSSR count). The van der Waals surface area contributed by atoms with E-state index in [2.05, 4.69) is 0 Å². The molecule has 33 heavy (non-hydrogen) atoms. The maximum Gasteiger partial charge on any atom is 0.336 e. The van der Waals surface area contributed by atoms with Crippen LogP contribution in [-0.2, 0) is 25.6 Å². The summed E-state index contributed by atoms with van der Waals surface area (Å²) in [6, 6.07) is 12.7. The van der Waals surface area contributed by atoms with E-state index in [-0.39, 0.29) is 11.1 Å². The molecule has 2 aromatic carbocycles. The predicted molar refractivity (Wildman–Crippen MR) is 121 cm³/mol. The summed E-state index contributed by atoms with van der Waals surface area (Å²) < 4.78 is 26.1. The summed E-state index contributed by atoms with van der Waals surface area (Å²) in [6.07, 6.45) is 3.35. The number of ether oxygens (including phenoxy) is 5. The molecular formula is C25H27NO7. The summed E-state index contributed by atoms with van der Waals surface area (Å²) in [5, 5.41) is 0. The van der Waals surface area contributed by atoms with Crippen molar-refractivity contribution < 1.29 is 33.3 Å². The zero-order chi connectivity index (χ0) is 24.0. The van der Waals surface area contributed by atoms with Gasteiger partial charge in [-0.05, 0) is 23.8 Å². The van der Waals surface area contributed by atoms with Crippen LogP contribution < -0.4 is 14.2 Å². The number of carbonyl (C=O) groups is 2. The molecule has 1 aliphatic heterocycles. The van der Waals surface area contributed by atoms with Gasteiger partial charge in [-0.25, -0.2) is 9.59 Å². The van der Waals surface area contributed by atoms with Crippen LogP contribution in [0.2, 0.25) is 0 Å². The van der Waals surface area contributed by atoms with E-state index in [0.717, 1.165) is 11.3 Å². The second-order valence-corrected chi connectivity index (χ2v) is 7.21. The summed E-state index contributed by atoms with van der Waals surface area (Å²) in [5.74, 6) is -0.0926. The Hall–Kier alpha value is -3.94. The number of methoxy groups -OCH3 is 5. The van der Waals surface area contributed by atoms with Gasteiger partial charge >= 0.3 is 11.9 Å². The molecule has 0 spiro atoms. The fraction of sp³-hybridized carbons (Fsp3) is 0.280. The fourth-order valence-corrected chi connectivity index (χ4v) is 3.71. The van der Waals surface area contributed by atoms with E-state index in [4.69, 9.17) is 23.7 Å². The lowest BCUT2D eigenvalue weighted by molar-refractivity contribution is -0.137. The number of nitrogens with zero attached hydrogens (tertiary/aromatic N) is 1. The number of benzene rings is 2. The average molecular weight is 453 g/mol. The zero-order valence-corrected chi connectivity index (χ0v) is 19.3. The van der Waals surface area contributed by atoms with Gasteiger partial charge in [0.05, 0.1) is 52.6 Å². The molecule has 0 atom stereocenters. The van der Waals surface area contributed by atoms with Crippen LogP contribution in [0.4, 0.5) is 0 Å². The number of hydrogen-bond donors (Lipinski definition) is 0. The monoisotopic (exact) mass is 453 g/mol.